The van der Waals surface area contributed by atoms with Crippen molar-refractivity contribution in [1.29, 1.82) is 0 Å². The summed E-state index contributed by atoms with van der Waals surface area (Å²) in [5.41, 5.74) is 0.539. The Hall–Kier alpha value is -0.0900. The van der Waals surface area contributed by atoms with Crippen LogP contribution in [0.15, 0.2) is 0 Å². The highest BCUT2D eigenvalue weighted by atomic mass is 32.2. The molecule has 0 radical (unpaired) electrons. The maximum Gasteiger partial charge on any atom is 0.265 e. The molecule has 4 rings (SSSR count). The molecule has 0 aromatic rings. The largest absolute Gasteiger partial charge is 0.286 e. The molecule has 3 nitrogen and oxygen atoms in total. The first-order valence-corrected chi connectivity index (χ1v) is 7.50. The van der Waals surface area contributed by atoms with Crippen LogP contribution in [-0.2, 0) is 10.1 Å². The molecule has 5 atom stereocenters. The second kappa shape index (κ2) is 2.14. The summed E-state index contributed by atoms with van der Waals surface area (Å²) in [6.07, 6.45) is 6.09. The van der Waals surface area contributed by atoms with Crippen molar-refractivity contribution in [1.82, 2.24) is 0 Å². The zero-order valence-electron chi connectivity index (χ0n) is 8.65. The Labute approximate surface area is 90.0 Å². The van der Waals surface area contributed by atoms with Gasteiger partial charge in [0.25, 0.3) is 10.1 Å². The van der Waals surface area contributed by atoms with Crippen molar-refractivity contribution in [2.24, 2.45) is 28.6 Å². The molecule has 1 spiro atoms. The van der Waals surface area contributed by atoms with Gasteiger partial charge in [-0.25, -0.2) is 0 Å². The minimum absolute atomic E-state index is 0.0104. The van der Waals surface area contributed by atoms with E-state index < -0.39 is 10.1 Å². The molecule has 4 fully saturated rings. The summed E-state index contributed by atoms with van der Waals surface area (Å²) >= 11 is 0. The molecule has 0 aromatic heterocycles. The van der Waals surface area contributed by atoms with Crippen molar-refractivity contribution >= 4 is 10.1 Å². The topological polar surface area (TPSA) is 54.4 Å². The molecule has 4 saturated carbocycles. The summed E-state index contributed by atoms with van der Waals surface area (Å²) in [5, 5.41) is 0. The Bertz CT molecular complexity index is 439. The molecule has 0 saturated heterocycles. The molecule has 84 valence electrons. The van der Waals surface area contributed by atoms with E-state index in [0.29, 0.717) is 11.3 Å². The van der Waals surface area contributed by atoms with Crippen LogP contribution in [0.4, 0.5) is 0 Å². The fourth-order valence-electron chi connectivity index (χ4n) is 5.91. The highest BCUT2D eigenvalue weighted by Crippen LogP contribution is 2.85. The van der Waals surface area contributed by atoms with Gasteiger partial charge in [-0.1, -0.05) is 0 Å². The van der Waals surface area contributed by atoms with Crippen molar-refractivity contribution < 1.29 is 13.0 Å². The first kappa shape index (κ1) is 8.99. The van der Waals surface area contributed by atoms with Gasteiger partial charge in [0.15, 0.2) is 0 Å². The lowest BCUT2D eigenvalue weighted by Crippen LogP contribution is -2.68. The maximum atomic E-state index is 11.1. The summed E-state index contributed by atoms with van der Waals surface area (Å²) in [5.74, 6) is 2.35. The van der Waals surface area contributed by atoms with Crippen LogP contribution in [0, 0.1) is 28.6 Å². The molecule has 0 amide bonds. The van der Waals surface area contributed by atoms with Gasteiger partial charge in [0.1, 0.15) is 0 Å². The lowest BCUT2D eigenvalue weighted by atomic mass is 9.31. The summed E-state index contributed by atoms with van der Waals surface area (Å²) < 4.78 is 31.2. The van der Waals surface area contributed by atoms with Crippen LogP contribution in [0.25, 0.3) is 0 Å². The highest BCUT2D eigenvalue weighted by molar-refractivity contribution is 7.85. The molecule has 0 aliphatic heterocycles. The number of hydrogen-bond acceptors (Lipinski definition) is 2. The third-order valence-corrected chi connectivity index (χ3v) is 6.84. The predicted octanol–water partition coefficient (Wildman–Crippen LogP) is 1.70. The molecule has 0 heterocycles. The van der Waals surface area contributed by atoms with Gasteiger partial charge < -0.3 is 0 Å². The first-order valence-electron chi connectivity index (χ1n) is 5.89. The van der Waals surface area contributed by atoms with Crippen LogP contribution in [0.3, 0.4) is 0 Å². The van der Waals surface area contributed by atoms with Crippen LogP contribution < -0.4 is 0 Å². The third-order valence-electron chi connectivity index (χ3n) is 5.90. The van der Waals surface area contributed by atoms with Crippen molar-refractivity contribution in [2.75, 3.05) is 5.75 Å². The normalized spacial score (nSPS) is 59.7. The number of hydrogen-bond donors (Lipinski definition) is 1. The zero-order valence-corrected chi connectivity index (χ0v) is 9.46. The average Bonchev–Trinajstić information content (AvgIpc) is 2.20. The van der Waals surface area contributed by atoms with Gasteiger partial charge in [-0.05, 0) is 60.7 Å². The van der Waals surface area contributed by atoms with Gasteiger partial charge in [0.2, 0.25) is 0 Å². The predicted molar refractivity (Wildman–Crippen MR) is 54.8 cm³/mol. The van der Waals surface area contributed by atoms with Crippen molar-refractivity contribution in [2.45, 2.75) is 32.1 Å². The summed E-state index contributed by atoms with van der Waals surface area (Å²) in [7, 11) is -3.77. The zero-order chi connectivity index (χ0) is 10.5. The van der Waals surface area contributed by atoms with Gasteiger partial charge in [0, 0.05) is 0 Å². The minimum atomic E-state index is -3.77. The van der Waals surface area contributed by atoms with E-state index in [2.05, 4.69) is 0 Å². The fourth-order valence-corrected chi connectivity index (χ4v) is 7.05. The van der Waals surface area contributed by atoms with Crippen LogP contribution in [0.2, 0.25) is 0 Å². The second-order valence-electron chi connectivity index (χ2n) is 6.49. The van der Waals surface area contributed by atoms with Crippen LogP contribution in [-0.4, -0.2) is 18.7 Å². The van der Waals surface area contributed by atoms with E-state index in [4.69, 9.17) is 4.55 Å². The third kappa shape index (κ3) is 0.860. The smallest absolute Gasteiger partial charge is 0.265 e. The van der Waals surface area contributed by atoms with Crippen LogP contribution >= 0.6 is 0 Å². The summed E-state index contributed by atoms with van der Waals surface area (Å²) in [6, 6.07) is 0. The van der Waals surface area contributed by atoms with Gasteiger partial charge in [-0.2, -0.15) is 8.42 Å². The molecule has 4 aliphatic carbocycles. The molecule has 15 heavy (non-hydrogen) atoms. The Morgan fingerprint density at radius 1 is 1.27 bits per heavy atom. The van der Waals surface area contributed by atoms with E-state index in [1.165, 1.54) is 19.3 Å². The quantitative estimate of drug-likeness (QED) is 0.732. The second-order valence-corrected chi connectivity index (χ2v) is 7.95. The fraction of sp³-hybridized carbons (Fsp3) is 1.00. The Kier molecular flexibility index (Phi) is 1.28. The van der Waals surface area contributed by atoms with Crippen molar-refractivity contribution in [3.05, 3.63) is 0 Å². The van der Waals surface area contributed by atoms with Gasteiger partial charge >= 0.3 is 0 Å². The van der Waals surface area contributed by atoms with E-state index in [-0.39, 0.29) is 11.2 Å². The number of fused-ring (bicyclic) bond motifs is 1. The molecular weight excluding hydrogens is 212 g/mol. The lowest BCUT2D eigenvalue weighted by Gasteiger charge is -2.74. The van der Waals surface area contributed by atoms with Gasteiger partial charge in [0.05, 0.1) is 5.75 Å². The Balaban J connectivity index is 1.72. The lowest BCUT2D eigenvalue weighted by molar-refractivity contribution is -0.242. The van der Waals surface area contributed by atoms with E-state index in [1.807, 2.05) is 0 Å². The van der Waals surface area contributed by atoms with Crippen molar-refractivity contribution in [3.8, 4) is 0 Å². The first-order chi connectivity index (χ1) is 6.94. The summed E-state index contributed by atoms with van der Waals surface area (Å²) in [4.78, 5) is 0. The summed E-state index contributed by atoms with van der Waals surface area (Å²) in [6.45, 7) is 0. The molecule has 4 heteroatoms. The van der Waals surface area contributed by atoms with Gasteiger partial charge in [-0.3, -0.25) is 4.55 Å². The van der Waals surface area contributed by atoms with Crippen LogP contribution in [0.5, 0.6) is 0 Å². The minimum Gasteiger partial charge on any atom is -0.286 e. The number of rotatable bonds is 2. The van der Waals surface area contributed by atoms with Gasteiger partial charge in [-0.15, -0.1) is 0 Å². The van der Waals surface area contributed by atoms with E-state index in [0.717, 1.165) is 24.7 Å². The molecule has 4 aliphatic rings. The molecule has 5 unspecified atom stereocenters. The van der Waals surface area contributed by atoms with E-state index in [9.17, 15) is 8.42 Å². The van der Waals surface area contributed by atoms with Crippen LogP contribution in [0.1, 0.15) is 32.1 Å². The Morgan fingerprint density at radius 3 is 2.73 bits per heavy atom. The standard InChI is InChI=1S/C11H16O3S/c12-15(13,14)6-10-3-7-1-8-2-9(10)11(8,4-7)5-10/h7-9H,1-6H2,(H,12,13,14). The molecule has 3 bridgehead atoms. The average molecular weight is 228 g/mol. The van der Waals surface area contributed by atoms with E-state index in [1.54, 1.807) is 0 Å². The SMILES string of the molecule is O=S(=O)(O)CC12CC3CC4CC1C4(C3)C2. The molecule has 0 aromatic carbocycles. The molecular formula is C11H16O3S. The van der Waals surface area contributed by atoms with Crippen molar-refractivity contribution in [3.63, 3.8) is 0 Å². The maximum absolute atomic E-state index is 11.1. The Morgan fingerprint density at radius 2 is 2.07 bits per heavy atom. The molecule has 1 N–H and O–H groups in total. The highest BCUT2D eigenvalue weighted by Gasteiger charge is 2.78. The monoisotopic (exact) mass is 228 g/mol. The van der Waals surface area contributed by atoms with E-state index >= 15 is 0 Å².